The van der Waals surface area contributed by atoms with Crippen molar-refractivity contribution in [1.29, 1.82) is 0 Å². The summed E-state index contributed by atoms with van der Waals surface area (Å²) in [5.74, 6) is 1.51. The fourth-order valence-electron chi connectivity index (χ4n) is 2.78. The summed E-state index contributed by atoms with van der Waals surface area (Å²) in [5, 5.41) is 0. The zero-order valence-corrected chi connectivity index (χ0v) is 11.5. The van der Waals surface area contributed by atoms with Crippen molar-refractivity contribution in [3.63, 3.8) is 0 Å². The van der Waals surface area contributed by atoms with Crippen LogP contribution in [0.2, 0.25) is 0 Å². The first-order valence-corrected chi connectivity index (χ1v) is 6.83. The molecule has 0 aromatic rings. The molecular formula is C14H29NO. The topological polar surface area (TPSA) is 35.2 Å². The Balaban J connectivity index is 2.41. The van der Waals surface area contributed by atoms with Crippen molar-refractivity contribution in [1.82, 2.24) is 0 Å². The van der Waals surface area contributed by atoms with Gasteiger partial charge in [0.2, 0.25) is 0 Å². The molecule has 2 nitrogen and oxygen atoms in total. The molecule has 1 aliphatic rings. The van der Waals surface area contributed by atoms with Gasteiger partial charge in [-0.2, -0.15) is 0 Å². The second kappa shape index (κ2) is 6.02. The third-order valence-corrected chi connectivity index (χ3v) is 3.75. The van der Waals surface area contributed by atoms with Crippen LogP contribution in [0.4, 0.5) is 0 Å². The lowest BCUT2D eigenvalue weighted by Gasteiger charge is -2.36. The van der Waals surface area contributed by atoms with Crippen LogP contribution in [0.1, 0.15) is 59.8 Å². The number of nitrogens with two attached hydrogens (primary N) is 1. The molecule has 3 unspecified atom stereocenters. The Kier molecular flexibility index (Phi) is 5.26. The molecule has 2 heteroatoms. The summed E-state index contributed by atoms with van der Waals surface area (Å²) in [5.41, 5.74) is 6.24. The third-order valence-electron chi connectivity index (χ3n) is 3.75. The quantitative estimate of drug-likeness (QED) is 0.799. The van der Waals surface area contributed by atoms with E-state index in [1.54, 1.807) is 0 Å². The summed E-state index contributed by atoms with van der Waals surface area (Å²) in [4.78, 5) is 0. The van der Waals surface area contributed by atoms with E-state index in [0.29, 0.717) is 12.5 Å². The minimum Gasteiger partial charge on any atom is -0.374 e. The Morgan fingerprint density at radius 1 is 1.25 bits per heavy atom. The molecule has 0 saturated heterocycles. The molecule has 0 radical (unpaired) electrons. The summed E-state index contributed by atoms with van der Waals surface area (Å²) in [7, 11) is 0. The molecule has 16 heavy (non-hydrogen) atoms. The predicted molar refractivity (Wildman–Crippen MR) is 69.4 cm³/mol. The molecule has 3 atom stereocenters. The van der Waals surface area contributed by atoms with E-state index >= 15 is 0 Å². The van der Waals surface area contributed by atoms with Crippen LogP contribution in [0.25, 0.3) is 0 Å². The van der Waals surface area contributed by atoms with Gasteiger partial charge < -0.3 is 10.5 Å². The van der Waals surface area contributed by atoms with Gasteiger partial charge in [0.25, 0.3) is 0 Å². The molecule has 0 amide bonds. The molecule has 0 spiro atoms. The van der Waals surface area contributed by atoms with E-state index in [2.05, 4.69) is 27.7 Å². The van der Waals surface area contributed by atoms with Gasteiger partial charge in [0.1, 0.15) is 0 Å². The summed E-state index contributed by atoms with van der Waals surface area (Å²) >= 11 is 0. The Morgan fingerprint density at radius 3 is 2.44 bits per heavy atom. The summed E-state index contributed by atoms with van der Waals surface area (Å²) in [6.07, 6.45) is 6.68. The standard InChI is InChI=1S/C14H29NO/c1-5-11-8-6-7-9-12(11)13(15)10-16-14(2,3)4/h11-13H,5-10,15H2,1-4H3. The van der Waals surface area contributed by atoms with Gasteiger partial charge in [-0.3, -0.25) is 0 Å². The fourth-order valence-corrected chi connectivity index (χ4v) is 2.78. The molecule has 1 fully saturated rings. The van der Waals surface area contributed by atoms with Gasteiger partial charge in [0, 0.05) is 6.04 Å². The summed E-state index contributed by atoms with van der Waals surface area (Å²) in [6.45, 7) is 9.29. The van der Waals surface area contributed by atoms with Gasteiger partial charge in [0.15, 0.2) is 0 Å². The second-order valence-electron chi connectivity index (χ2n) is 6.20. The van der Waals surface area contributed by atoms with Crippen molar-refractivity contribution >= 4 is 0 Å². The summed E-state index contributed by atoms with van der Waals surface area (Å²) in [6, 6.07) is 0.226. The number of rotatable bonds is 4. The zero-order valence-electron chi connectivity index (χ0n) is 11.5. The van der Waals surface area contributed by atoms with E-state index in [-0.39, 0.29) is 11.6 Å². The molecule has 2 N–H and O–H groups in total. The first kappa shape index (κ1) is 14.0. The van der Waals surface area contributed by atoms with Crippen LogP contribution >= 0.6 is 0 Å². The second-order valence-corrected chi connectivity index (χ2v) is 6.20. The molecule has 0 aromatic carbocycles. The van der Waals surface area contributed by atoms with Crippen LogP contribution in [-0.4, -0.2) is 18.2 Å². The molecule has 1 aliphatic carbocycles. The van der Waals surface area contributed by atoms with Crippen LogP contribution in [-0.2, 0) is 4.74 Å². The highest BCUT2D eigenvalue weighted by Crippen LogP contribution is 2.34. The Labute approximate surface area is 101 Å². The smallest absolute Gasteiger partial charge is 0.0627 e. The number of ether oxygens (including phenoxy) is 1. The fraction of sp³-hybridized carbons (Fsp3) is 1.00. The Morgan fingerprint density at radius 2 is 1.88 bits per heavy atom. The highest BCUT2D eigenvalue weighted by molar-refractivity contribution is 4.83. The molecule has 1 saturated carbocycles. The highest BCUT2D eigenvalue weighted by Gasteiger charge is 2.29. The van der Waals surface area contributed by atoms with E-state index in [0.717, 1.165) is 5.92 Å². The van der Waals surface area contributed by atoms with E-state index in [1.807, 2.05) is 0 Å². The van der Waals surface area contributed by atoms with Crippen molar-refractivity contribution < 1.29 is 4.74 Å². The van der Waals surface area contributed by atoms with Crippen molar-refractivity contribution in [2.45, 2.75) is 71.4 Å². The minimum absolute atomic E-state index is 0.0615. The molecule has 1 rings (SSSR count). The average molecular weight is 227 g/mol. The molecule has 0 aliphatic heterocycles. The van der Waals surface area contributed by atoms with Gasteiger partial charge in [0.05, 0.1) is 12.2 Å². The Bertz CT molecular complexity index is 197. The molecular weight excluding hydrogens is 198 g/mol. The number of hydrogen-bond acceptors (Lipinski definition) is 2. The van der Waals surface area contributed by atoms with Gasteiger partial charge in [-0.05, 0) is 39.0 Å². The first-order chi connectivity index (χ1) is 7.44. The lowest BCUT2D eigenvalue weighted by atomic mass is 9.74. The van der Waals surface area contributed by atoms with Crippen molar-refractivity contribution in [2.24, 2.45) is 17.6 Å². The van der Waals surface area contributed by atoms with E-state index in [9.17, 15) is 0 Å². The van der Waals surface area contributed by atoms with Crippen LogP contribution < -0.4 is 5.73 Å². The van der Waals surface area contributed by atoms with Crippen molar-refractivity contribution in [2.75, 3.05) is 6.61 Å². The van der Waals surface area contributed by atoms with E-state index in [1.165, 1.54) is 32.1 Å². The minimum atomic E-state index is -0.0615. The predicted octanol–water partition coefficient (Wildman–Crippen LogP) is 3.35. The SMILES string of the molecule is CCC1CCCCC1C(N)COC(C)(C)C. The Hall–Kier alpha value is -0.0800. The van der Waals surface area contributed by atoms with Gasteiger partial charge in [-0.15, -0.1) is 0 Å². The van der Waals surface area contributed by atoms with E-state index < -0.39 is 0 Å². The van der Waals surface area contributed by atoms with Crippen LogP contribution in [0.5, 0.6) is 0 Å². The van der Waals surface area contributed by atoms with Crippen LogP contribution in [0, 0.1) is 11.8 Å². The molecule has 0 heterocycles. The lowest BCUT2D eigenvalue weighted by molar-refractivity contribution is -0.0236. The van der Waals surface area contributed by atoms with Gasteiger partial charge in [-0.1, -0.05) is 32.6 Å². The average Bonchev–Trinajstić information content (AvgIpc) is 2.25. The largest absolute Gasteiger partial charge is 0.374 e. The van der Waals surface area contributed by atoms with Crippen molar-refractivity contribution in [3.8, 4) is 0 Å². The highest BCUT2D eigenvalue weighted by atomic mass is 16.5. The van der Waals surface area contributed by atoms with Gasteiger partial charge in [-0.25, -0.2) is 0 Å². The lowest BCUT2D eigenvalue weighted by Crippen LogP contribution is -2.42. The van der Waals surface area contributed by atoms with E-state index in [4.69, 9.17) is 10.5 Å². The molecule has 0 bridgehead atoms. The normalized spacial score (nSPS) is 29.1. The van der Waals surface area contributed by atoms with Crippen LogP contribution in [0.15, 0.2) is 0 Å². The van der Waals surface area contributed by atoms with Crippen molar-refractivity contribution in [3.05, 3.63) is 0 Å². The third kappa shape index (κ3) is 4.42. The molecule has 96 valence electrons. The first-order valence-electron chi connectivity index (χ1n) is 6.83. The maximum Gasteiger partial charge on any atom is 0.0627 e. The molecule has 0 aromatic heterocycles. The monoisotopic (exact) mass is 227 g/mol. The van der Waals surface area contributed by atoms with Gasteiger partial charge >= 0.3 is 0 Å². The maximum absolute atomic E-state index is 6.30. The van der Waals surface area contributed by atoms with Crippen LogP contribution in [0.3, 0.4) is 0 Å². The summed E-state index contributed by atoms with van der Waals surface area (Å²) < 4.78 is 5.81. The maximum atomic E-state index is 6.30. The number of hydrogen-bond donors (Lipinski definition) is 1. The zero-order chi connectivity index (χ0) is 12.2.